The fourth-order valence-corrected chi connectivity index (χ4v) is 1.32. The SMILES string of the molecule is CC(C)(C)NC(=O)c1cc(Br)cnc1F. The predicted molar refractivity (Wildman–Crippen MR) is 59.1 cm³/mol. The van der Waals surface area contributed by atoms with Crippen LogP contribution in [0.5, 0.6) is 0 Å². The molecule has 5 heteroatoms. The van der Waals surface area contributed by atoms with E-state index in [1.807, 2.05) is 20.8 Å². The van der Waals surface area contributed by atoms with Crippen LogP contribution in [-0.4, -0.2) is 16.4 Å². The van der Waals surface area contributed by atoms with Crippen LogP contribution in [0.2, 0.25) is 0 Å². The number of amides is 1. The van der Waals surface area contributed by atoms with E-state index in [0.29, 0.717) is 4.47 Å². The van der Waals surface area contributed by atoms with E-state index in [1.165, 1.54) is 12.3 Å². The van der Waals surface area contributed by atoms with Crippen LogP contribution in [0.3, 0.4) is 0 Å². The number of halogens is 2. The lowest BCUT2D eigenvalue weighted by molar-refractivity contribution is 0.0914. The largest absolute Gasteiger partial charge is 0.347 e. The summed E-state index contributed by atoms with van der Waals surface area (Å²) in [7, 11) is 0. The van der Waals surface area contributed by atoms with Gasteiger partial charge in [-0.2, -0.15) is 4.39 Å². The maximum absolute atomic E-state index is 13.2. The summed E-state index contributed by atoms with van der Waals surface area (Å²) in [6, 6.07) is 1.41. The quantitative estimate of drug-likeness (QED) is 0.800. The molecule has 1 amide bonds. The van der Waals surface area contributed by atoms with Crippen LogP contribution < -0.4 is 5.32 Å². The van der Waals surface area contributed by atoms with Crippen molar-refractivity contribution in [3.05, 3.63) is 28.2 Å². The maximum atomic E-state index is 13.2. The molecule has 0 aliphatic rings. The van der Waals surface area contributed by atoms with Gasteiger partial charge in [-0.15, -0.1) is 0 Å². The molecule has 0 saturated heterocycles. The third-order valence-corrected chi connectivity index (χ3v) is 1.97. The van der Waals surface area contributed by atoms with Gasteiger partial charge in [-0.25, -0.2) is 4.98 Å². The Morgan fingerprint density at radius 2 is 2.13 bits per heavy atom. The molecule has 1 N–H and O–H groups in total. The van der Waals surface area contributed by atoms with Gasteiger partial charge in [-0.1, -0.05) is 0 Å². The van der Waals surface area contributed by atoms with Crippen LogP contribution in [0, 0.1) is 5.95 Å². The lowest BCUT2D eigenvalue weighted by Crippen LogP contribution is -2.41. The van der Waals surface area contributed by atoms with E-state index in [-0.39, 0.29) is 5.56 Å². The lowest BCUT2D eigenvalue weighted by atomic mass is 10.1. The maximum Gasteiger partial charge on any atom is 0.256 e. The molecule has 0 radical (unpaired) electrons. The predicted octanol–water partition coefficient (Wildman–Crippen LogP) is 2.51. The third kappa shape index (κ3) is 3.58. The van der Waals surface area contributed by atoms with Crippen molar-refractivity contribution in [2.45, 2.75) is 26.3 Å². The van der Waals surface area contributed by atoms with Gasteiger partial charge in [0.25, 0.3) is 5.91 Å². The first-order valence-electron chi connectivity index (χ1n) is 4.43. The molecular weight excluding hydrogens is 263 g/mol. The summed E-state index contributed by atoms with van der Waals surface area (Å²) in [5.41, 5.74) is -0.453. The van der Waals surface area contributed by atoms with Gasteiger partial charge in [-0.3, -0.25) is 4.79 Å². The molecule has 0 unspecified atom stereocenters. The summed E-state index contributed by atoms with van der Waals surface area (Å²) in [6.45, 7) is 5.48. The van der Waals surface area contributed by atoms with Gasteiger partial charge in [0.15, 0.2) is 0 Å². The summed E-state index contributed by atoms with van der Waals surface area (Å²) < 4.78 is 13.8. The Morgan fingerprint density at radius 3 is 2.67 bits per heavy atom. The standard InChI is InChI=1S/C10H12BrFN2O/c1-10(2,3)14-9(15)7-4-6(11)5-13-8(7)12/h4-5H,1-3H3,(H,14,15). The van der Waals surface area contributed by atoms with E-state index in [2.05, 4.69) is 26.2 Å². The first-order chi connectivity index (χ1) is 6.79. The second-order valence-electron chi connectivity index (χ2n) is 4.20. The molecule has 0 saturated carbocycles. The fraction of sp³-hybridized carbons (Fsp3) is 0.400. The van der Waals surface area contributed by atoms with E-state index in [0.717, 1.165) is 0 Å². The first kappa shape index (κ1) is 12.1. The number of hydrogen-bond donors (Lipinski definition) is 1. The van der Waals surface area contributed by atoms with E-state index in [4.69, 9.17) is 0 Å². The lowest BCUT2D eigenvalue weighted by Gasteiger charge is -2.20. The Balaban J connectivity index is 2.96. The molecule has 0 bridgehead atoms. The number of carbonyl (C=O) groups excluding carboxylic acids is 1. The zero-order valence-electron chi connectivity index (χ0n) is 8.77. The third-order valence-electron chi connectivity index (χ3n) is 1.54. The molecule has 1 rings (SSSR count). The highest BCUT2D eigenvalue weighted by atomic mass is 79.9. The highest BCUT2D eigenvalue weighted by Gasteiger charge is 2.19. The monoisotopic (exact) mass is 274 g/mol. The number of rotatable bonds is 1. The minimum absolute atomic E-state index is 0.0562. The van der Waals surface area contributed by atoms with Gasteiger partial charge >= 0.3 is 0 Å². The van der Waals surface area contributed by atoms with Gasteiger partial charge in [-0.05, 0) is 42.8 Å². The van der Waals surface area contributed by atoms with Crippen LogP contribution in [0.25, 0.3) is 0 Å². The number of pyridine rings is 1. The van der Waals surface area contributed by atoms with Gasteiger partial charge in [0.05, 0.1) is 5.56 Å². The second-order valence-corrected chi connectivity index (χ2v) is 5.11. The topological polar surface area (TPSA) is 42.0 Å². The number of nitrogens with zero attached hydrogens (tertiary/aromatic N) is 1. The van der Waals surface area contributed by atoms with Crippen molar-refractivity contribution in [2.24, 2.45) is 0 Å². The summed E-state index contributed by atoms with van der Waals surface area (Å²) >= 11 is 3.14. The molecule has 1 heterocycles. The molecular formula is C10H12BrFN2O. The summed E-state index contributed by atoms with van der Waals surface area (Å²) in [6.07, 6.45) is 1.31. The van der Waals surface area contributed by atoms with Gasteiger partial charge in [0, 0.05) is 16.2 Å². The summed E-state index contributed by atoms with van der Waals surface area (Å²) in [5, 5.41) is 2.66. The normalized spacial score (nSPS) is 11.3. The molecule has 0 spiro atoms. The van der Waals surface area contributed by atoms with Crippen LogP contribution in [-0.2, 0) is 0 Å². The Kier molecular flexibility index (Phi) is 3.44. The van der Waals surface area contributed by atoms with E-state index in [1.54, 1.807) is 0 Å². The van der Waals surface area contributed by atoms with Gasteiger partial charge in [0.1, 0.15) is 0 Å². The van der Waals surface area contributed by atoms with Crippen LogP contribution in [0.15, 0.2) is 16.7 Å². The first-order valence-corrected chi connectivity index (χ1v) is 5.22. The minimum atomic E-state index is -0.764. The molecule has 0 aliphatic carbocycles. The highest BCUT2D eigenvalue weighted by Crippen LogP contribution is 2.13. The number of hydrogen-bond acceptors (Lipinski definition) is 2. The van der Waals surface area contributed by atoms with Crippen LogP contribution in [0.1, 0.15) is 31.1 Å². The average molecular weight is 275 g/mol. The zero-order chi connectivity index (χ0) is 11.6. The Labute approximate surface area is 96.2 Å². The molecule has 1 aromatic heterocycles. The van der Waals surface area contributed by atoms with Crippen molar-refractivity contribution in [1.82, 2.24) is 10.3 Å². The van der Waals surface area contributed by atoms with Gasteiger partial charge in [0.2, 0.25) is 5.95 Å². The van der Waals surface area contributed by atoms with Crippen molar-refractivity contribution < 1.29 is 9.18 Å². The smallest absolute Gasteiger partial charge is 0.256 e. The molecule has 0 aliphatic heterocycles. The number of aromatic nitrogens is 1. The molecule has 0 fully saturated rings. The van der Waals surface area contributed by atoms with Crippen molar-refractivity contribution in [3.8, 4) is 0 Å². The minimum Gasteiger partial charge on any atom is -0.347 e. The van der Waals surface area contributed by atoms with Crippen LogP contribution in [0.4, 0.5) is 4.39 Å². The number of nitrogens with one attached hydrogen (secondary N) is 1. The molecule has 0 atom stereocenters. The van der Waals surface area contributed by atoms with Gasteiger partial charge < -0.3 is 5.32 Å². The Hall–Kier alpha value is -0.970. The highest BCUT2D eigenvalue weighted by molar-refractivity contribution is 9.10. The van der Waals surface area contributed by atoms with Crippen molar-refractivity contribution in [3.63, 3.8) is 0 Å². The Morgan fingerprint density at radius 1 is 1.53 bits per heavy atom. The average Bonchev–Trinajstić information content (AvgIpc) is 2.06. The van der Waals surface area contributed by atoms with E-state index < -0.39 is 17.4 Å². The molecule has 0 aromatic carbocycles. The molecule has 1 aromatic rings. The molecule has 15 heavy (non-hydrogen) atoms. The van der Waals surface area contributed by atoms with Crippen molar-refractivity contribution in [1.29, 1.82) is 0 Å². The zero-order valence-corrected chi connectivity index (χ0v) is 10.4. The number of carbonyl (C=O) groups is 1. The second kappa shape index (κ2) is 4.26. The molecule has 3 nitrogen and oxygen atoms in total. The van der Waals surface area contributed by atoms with E-state index >= 15 is 0 Å². The Bertz CT molecular complexity index is 387. The summed E-state index contributed by atoms with van der Waals surface area (Å²) in [5.74, 6) is -1.23. The fourth-order valence-electron chi connectivity index (χ4n) is 0.990. The van der Waals surface area contributed by atoms with Crippen molar-refractivity contribution in [2.75, 3.05) is 0 Å². The van der Waals surface area contributed by atoms with Crippen molar-refractivity contribution >= 4 is 21.8 Å². The molecule has 82 valence electrons. The van der Waals surface area contributed by atoms with E-state index in [9.17, 15) is 9.18 Å². The summed E-state index contributed by atoms with van der Waals surface area (Å²) in [4.78, 5) is 15.1. The van der Waals surface area contributed by atoms with Crippen LogP contribution >= 0.6 is 15.9 Å².